The van der Waals surface area contributed by atoms with Gasteiger partial charge in [0.15, 0.2) is 0 Å². The van der Waals surface area contributed by atoms with Crippen LogP contribution in [0, 0.1) is 5.82 Å². The van der Waals surface area contributed by atoms with E-state index in [1.807, 2.05) is 24.3 Å². The number of aromatic nitrogens is 2. The van der Waals surface area contributed by atoms with Gasteiger partial charge >= 0.3 is 0 Å². The highest BCUT2D eigenvalue weighted by Crippen LogP contribution is 2.26. The van der Waals surface area contributed by atoms with Gasteiger partial charge in [0.1, 0.15) is 11.6 Å². The Morgan fingerprint density at radius 3 is 2.57 bits per heavy atom. The maximum atomic E-state index is 13.6. The average molecular weight is 431 g/mol. The van der Waals surface area contributed by atoms with Gasteiger partial charge in [-0.2, -0.15) is 4.98 Å². The number of hydrogen-bond acceptors (Lipinski definition) is 6. The van der Waals surface area contributed by atoms with Crippen molar-refractivity contribution in [1.29, 1.82) is 0 Å². The van der Waals surface area contributed by atoms with E-state index < -0.39 is 0 Å². The Labute approximate surface area is 180 Å². The third-order valence-electron chi connectivity index (χ3n) is 5.49. The monoisotopic (exact) mass is 430 g/mol. The number of benzene rings is 2. The van der Waals surface area contributed by atoms with Gasteiger partial charge in [-0.3, -0.25) is 9.80 Å². The topological polar surface area (TPSA) is 54.6 Å². The molecule has 6 nitrogen and oxygen atoms in total. The van der Waals surface area contributed by atoms with E-state index >= 15 is 0 Å². The smallest absolute Gasteiger partial charge is 0.244 e. The lowest BCUT2D eigenvalue weighted by molar-refractivity contribution is 0.0840. The third-order valence-corrected chi connectivity index (χ3v) is 5.74. The average Bonchev–Trinajstić information content (AvgIpc) is 3.25. The normalized spacial score (nSPS) is 16.5. The maximum absolute atomic E-state index is 13.6. The molecule has 30 heavy (non-hydrogen) atoms. The van der Waals surface area contributed by atoms with E-state index in [1.54, 1.807) is 19.2 Å². The SMILES string of the molecule is COc1ccc(F)cc1CN1CCN(C(C)c2nc(-c3ccc(Cl)cc3)no2)CC1. The second-order valence-corrected chi connectivity index (χ2v) is 7.84. The molecule has 2 aromatic carbocycles. The van der Waals surface area contributed by atoms with Gasteiger partial charge in [-0.05, 0) is 49.4 Å². The van der Waals surface area contributed by atoms with E-state index in [1.165, 1.54) is 6.07 Å². The second kappa shape index (κ2) is 9.12. The molecule has 0 saturated carbocycles. The minimum Gasteiger partial charge on any atom is -0.496 e. The lowest BCUT2D eigenvalue weighted by Gasteiger charge is -2.37. The molecule has 1 aliphatic heterocycles. The summed E-state index contributed by atoms with van der Waals surface area (Å²) in [5.74, 6) is 1.63. The first kappa shape index (κ1) is 20.8. The molecule has 0 radical (unpaired) electrons. The van der Waals surface area contributed by atoms with E-state index in [4.69, 9.17) is 20.9 Å². The summed E-state index contributed by atoms with van der Waals surface area (Å²) in [6.45, 7) is 6.17. The Balaban J connectivity index is 1.36. The van der Waals surface area contributed by atoms with Gasteiger partial charge in [-0.1, -0.05) is 16.8 Å². The molecule has 0 N–H and O–H groups in total. The fourth-order valence-corrected chi connectivity index (χ4v) is 3.82. The highest BCUT2D eigenvalue weighted by molar-refractivity contribution is 6.30. The van der Waals surface area contributed by atoms with Crippen LogP contribution in [0.3, 0.4) is 0 Å². The van der Waals surface area contributed by atoms with Crippen LogP contribution in [-0.2, 0) is 6.54 Å². The van der Waals surface area contributed by atoms with Crippen LogP contribution in [0.5, 0.6) is 5.75 Å². The molecule has 0 amide bonds. The van der Waals surface area contributed by atoms with Gasteiger partial charge in [0.25, 0.3) is 0 Å². The second-order valence-electron chi connectivity index (χ2n) is 7.41. The predicted octanol–water partition coefficient (Wildman–Crippen LogP) is 4.42. The van der Waals surface area contributed by atoms with Crippen molar-refractivity contribution in [3.63, 3.8) is 0 Å². The first-order valence-corrected chi connectivity index (χ1v) is 10.3. The highest BCUT2D eigenvalue weighted by atomic mass is 35.5. The fraction of sp³-hybridized carbons (Fsp3) is 0.364. The minimum atomic E-state index is -0.244. The molecule has 0 spiro atoms. The Kier molecular flexibility index (Phi) is 6.32. The molecule has 1 atom stereocenters. The van der Waals surface area contributed by atoms with E-state index in [0.717, 1.165) is 37.3 Å². The highest BCUT2D eigenvalue weighted by Gasteiger charge is 2.26. The molecule has 2 heterocycles. The molecule has 1 aliphatic rings. The van der Waals surface area contributed by atoms with E-state index in [-0.39, 0.29) is 11.9 Å². The fourth-order valence-electron chi connectivity index (χ4n) is 3.70. The lowest BCUT2D eigenvalue weighted by atomic mass is 10.1. The van der Waals surface area contributed by atoms with Crippen molar-refractivity contribution in [3.8, 4) is 17.1 Å². The van der Waals surface area contributed by atoms with Crippen LogP contribution in [0.2, 0.25) is 5.02 Å². The van der Waals surface area contributed by atoms with Crippen molar-refractivity contribution in [2.45, 2.75) is 19.5 Å². The van der Waals surface area contributed by atoms with Gasteiger partial charge in [-0.15, -0.1) is 0 Å². The van der Waals surface area contributed by atoms with Crippen LogP contribution >= 0.6 is 11.6 Å². The summed E-state index contributed by atoms with van der Waals surface area (Å²) in [4.78, 5) is 9.19. The zero-order valence-electron chi connectivity index (χ0n) is 17.0. The summed E-state index contributed by atoms with van der Waals surface area (Å²) in [7, 11) is 1.61. The van der Waals surface area contributed by atoms with Crippen molar-refractivity contribution >= 4 is 11.6 Å². The van der Waals surface area contributed by atoms with Crippen LogP contribution in [0.1, 0.15) is 24.4 Å². The van der Waals surface area contributed by atoms with Crippen molar-refractivity contribution in [2.24, 2.45) is 0 Å². The van der Waals surface area contributed by atoms with E-state index in [9.17, 15) is 4.39 Å². The van der Waals surface area contributed by atoms with Crippen LogP contribution < -0.4 is 4.74 Å². The summed E-state index contributed by atoms with van der Waals surface area (Å²) < 4.78 is 24.5. The summed E-state index contributed by atoms with van der Waals surface area (Å²) in [6.07, 6.45) is 0. The minimum absolute atomic E-state index is 0.0180. The third kappa shape index (κ3) is 4.64. The molecule has 3 aromatic rings. The molecule has 0 aliphatic carbocycles. The maximum Gasteiger partial charge on any atom is 0.244 e. The van der Waals surface area contributed by atoms with E-state index in [2.05, 4.69) is 26.9 Å². The van der Waals surface area contributed by atoms with Crippen LogP contribution in [0.4, 0.5) is 4.39 Å². The van der Waals surface area contributed by atoms with Gasteiger partial charge < -0.3 is 9.26 Å². The summed E-state index contributed by atoms with van der Waals surface area (Å²) in [5.41, 5.74) is 1.74. The number of piperazine rings is 1. The zero-order chi connectivity index (χ0) is 21.1. The van der Waals surface area contributed by atoms with Gasteiger partial charge in [0.2, 0.25) is 11.7 Å². The Morgan fingerprint density at radius 1 is 1.13 bits per heavy atom. The Bertz CT molecular complexity index is 987. The number of ether oxygens (including phenoxy) is 1. The van der Waals surface area contributed by atoms with Crippen molar-refractivity contribution in [2.75, 3.05) is 33.3 Å². The molecule has 4 rings (SSSR count). The molecule has 1 aromatic heterocycles. The standard InChI is InChI=1S/C22H24ClFN4O2/c1-15(22-25-21(26-30-22)16-3-5-18(23)6-4-16)28-11-9-27(10-12-28)14-17-13-19(24)7-8-20(17)29-2/h3-8,13,15H,9-12,14H2,1-2H3. The molecule has 8 heteroatoms. The van der Waals surface area contributed by atoms with Crippen molar-refractivity contribution in [1.82, 2.24) is 19.9 Å². The number of methoxy groups -OCH3 is 1. The predicted molar refractivity (Wildman–Crippen MR) is 113 cm³/mol. The first-order chi connectivity index (χ1) is 14.5. The van der Waals surface area contributed by atoms with Crippen LogP contribution in [0.15, 0.2) is 47.0 Å². The largest absolute Gasteiger partial charge is 0.496 e. The van der Waals surface area contributed by atoms with Crippen LogP contribution in [-0.4, -0.2) is 53.2 Å². The zero-order valence-corrected chi connectivity index (χ0v) is 17.8. The molecular weight excluding hydrogens is 407 g/mol. The summed E-state index contributed by atoms with van der Waals surface area (Å²) in [5, 5.41) is 4.79. The quantitative estimate of drug-likeness (QED) is 0.577. The molecule has 1 saturated heterocycles. The molecular formula is C22H24ClFN4O2. The summed E-state index contributed by atoms with van der Waals surface area (Å²) in [6, 6.07) is 12.0. The van der Waals surface area contributed by atoms with Crippen LogP contribution in [0.25, 0.3) is 11.4 Å². The molecule has 1 fully saturated rings. The Hall–Kier alpha value is -2.48. The first-order valence-electron chi connectivity index (χ1n) is 9.92. The van der Waals surface area contributed by atoms with E-state index in [0.29, 0.717) is 29.0 Å². The van der Waals surface area contributed by atoms with Gasteiger partial charge in [0, 0.05) is 48.9 Å². The van der Waals surface area contributed by atoms with Gasteiger partial charge in [-0.25, -0.2) is 4.39 Å². The Morgan fingerprint density at radius 2 is 1.87 bits per heavy atom. The van der Waals surface area contributed by atoms with Gasteiger partial charge in [0.05, 0.1) is 13.2 Å². The lowest BCUT2D eigenvalue weighted by Crippen LogP contribution is -2.46. The number of halogens is 2. The van der Waals surface area contributed by atoms with Crippen molar-refractivity contribution in [3.05, 3.63) is 64.8 Å². The number of rotatable bonds is 6. The number of hydrogen-bond donors (Lipinski definition) is 0. The van der Waals surface area contributed by atoms with Crippen molar-refractivity contribution < 1.29 is 13.7 Å². The molecule has 0 bridgehead atoms. The molecule has 158 valence electrons. The molecule has 1 unspecified atom stereocenters. The summed E-state index contributed by atoms with van der Waals surface area (Å²) >= 11 is 5.94. The number of nitrogens with zero attached hydrogens (tertiary/aromatic N) is 4.